The van der Waals surface area contributed by atoms with E-state index in [-0.39, 0.29) is 5.82 Å². The number of nitrogens with zero attached hydrogens (tertiary/aromatic N) is 1. The summed E-state index contributed by atoms with van der Waals surface area (Å²) in [7, 11) is 0. The van der Waals surface area contributed by atoms with Crippen molar-refractivity contribution in [1.29, 1.82) is 0 Å². The molecule has 0 saturated carbocycles. The average molecular weight is 316 g/mol. The molecule has 0 aliphatic heterocycles. The van der Waals surface area contributed by atoms with Crippen LogP contribution in [0.1, 0.15) is 5.56 Å². The van der Waals surface area contributed by atoms with Crippen molar-refractivity contribution < 1.29 is 4.39 Å². The van der Waals surface area contributed by atoms with Crippen LogP contribution in [-0.4, -0.2) is 4.57 Å². The van der Waals surface area contributed by atoms with Crippen LogP contribution in [0.15, 0.2) is 78.9 Å². The molecular weight excluding hydrogens is 299 g/mol. The quantitative estimate of drug-likeness (QED) is 0.525. The maximum Gasteiger partial charge on any atom is 0.123 e. The number of hydrogen-bond donors (Lipinski definition) is 1. The van der Waals surface area contributed by atoms with Gasteiger partial charge in [-0.25, -0.2) is 4.39 Å². The first-order valence-corrected chi connectivity index (χ1v) is 7.89. The number of rotatable bonds is 3. The van der Waals surface area contributed by atoms with Crippen molar-refractivity contribution in [2.24, 2.45) is 0 Å². The fourth-order valence-corrected chi connectivity index (χ4v) is 3.06. The molecule has 2 nitrogen and oxygen atoms in total. The van der Waals surface area contributed by atoms with Gasteiger partial charge in [-0.3, -0.25) is 0 Å². The zero-order chi connectivity index (χ0) is 16.5. The van der Waals surface area contributed by atoms with Crippen molar-refractivity contribution in [1.82, 2.24) is 4.57 Å². The molecule has 24 heavy (non-hydrogen) atoms. The van der Waals surface area contributed by atoms with Crippen LogP contribution in [0.25, 0.3) is 22.2 Å². The summed E-state index contributed by atoms with van der Waals surface area (Å²) in [5.41, 5.74) is 11.1. The van der Waals surface area contributed by atoms with Crippen LogP contribution in [0, 0.1) is 5.82 Å². The number of benzene rings is 3. The summed E-state index contributed by atoms with van der Waals surface area (Å²) < 4.78 is 15.4. The number of nitrogens with two attached hydrogens (primary N) is 1. The Kier molecular flexibility index (Phi) is 3.54. The molecule has 0 amide bonds. The average Bonchev–Trinajstić information content (AvgIpc) is 2.95. The molecule has 2 N–H and O–H groups in total. The number of hydrogen-bond acceptors (Lipinski definition) is 1. The van der Waals surface area contributed by atoms with Gasteiger partial charge in [0.25, 0.3) is 0 Å². The molecule has 0 unspecified atom stereocenters. The van der Waals surface area contributed by atoms with E-state index in [0.717, 1.165) is 33.4 Å². The van der Waals surface area contributed by atoms with Gasteiger partial charge in [0.1, 0.15) is 5.82 Å². The Bertz CT molecular complexity index is 986. The van der Waals surface area contributed by atoms with Crippen LogP contribution in [0.2, 0.25) is 0 Å². The molecule has 4 rings (SSSR count). The number of nitrogen functional groups attached to an aromatic ring is 1. The predicted octanol–water partition coefficient (Wildman–Crippen LogP) is 5.08. The lowest BCUT2D eigenvalue weighted by molar-refractivity contribution is 0.626. The standard InChI is InChI=1S/C21H17FN2/c22-18-9-6-15(7-10-18)14-24-20(16-4-2-1-3-5-16)12-17-8-11-19(23)13-21(17)24/h1-13H,14,23H2. The molecule has 0 radical (unpaired) electrons. The summed E-state index contributed by atoms with van der Waals surface area (Å²) >= 11 is 0. The molecule has 0 aliphatic rings. The van der Waals surface area contributed by atoms with Gasteiger partial charge in [-0.05, 0) is 41.5 Å². The van der Waals surface area contributed by atoms with Gasteiger partial charge in [0, 0.05) is 23.3 Å². The maximum absolute atomic E-state index is 13.2. The normalized spacial score (nSPS) is 11.0. The van der Waals surface area contributed by atoms with Gasteiger partial charge in [0.15, 0.2) is 0 Å². The molecule has 0 atom stereocenters. The highest BCUT2D eigenvalue weighted by atomic mass is 19.1. The van der Waals surface area contributed by atoms with Gasteiger partial charge in [-0.15, -0.1) is 0 Å². The van der Waals surface area contributed by atoms with Crippen molar-refractivity contribution in [2.75, 3.05) is 5.73 Å². The Morgan fingerprint density at radius 2 is 1.58 bits per heavy atom. The predicted molar refractivity (Wildman–Crippen MR) is 97.3 cm³/mol. The Labute approximate surface area is 140 Å². The lowest BCUT2D eigenvalue weighted by atomic mass is 10.1. The molecule has 4 aromatic rings. The highest BCUT2D eigenvalue weighted by Crippen LogP contribution is 2.30. The van der Waals surface area contributed by atoms with Crippen molar-refractivity contribution >= 4 is 16.6 Å². The molecular formula is C21H17FN2. The van der Waals surface area contributed by atoms with E-state index in [4.69, 9.17) is 5.73 Å². The van der Waals surface area contributed by atoms with Crippen molar-refractivity contribution in [2.45, 2.75) is 6.54 Å². The first-order chi connectivity index (χ1) is 11.7. The molecule has 1 heterocycles. The van der Waals surface area contributed by atoms with Crippen molar-refractivity contribution in [3.05, 3.63) is 90.2 Å². The Hall–Kier alpha value is -3.07. The van der Waals surface area contributed by atoms with E-state index in [1.165, 1.54) is 12.1 Å². The number of fused-ring (bicyclic) bond motifs is 1. The van der Waals surface area contributed by atoms with Gasteiger partial charge in [0.05, 0.1) is 5.52 Å². The van der Waals surface area contributed by atoms with E-state index in [0.29, 0.717) is 6.54 Å². The van der Waals surface area contributed by atoms with Gasteiger partial charge in [-0.1, -0.05) is 48.5 Å². The third-order valence-electron chi connectivity index (χ3n) is 4.25. The zero-order valence-corrected chi connectivity index (χ0v) is 13.1. The number of aromatic nitrogens is 1. The van der Waals surface area contributed by atoms with E-state index in [9.17, 15) is 4.39 Å². The van der Waals surface area contributed by atoms with Crippen molar-refractivity contribution in [3.8, 4) is 11.3 Å². The summed E-state index contributed by atoms with van der Waals surface area (Å²) in [6.45, 7) is 0.664. The highest BCUT2D eigenvalue weighted by molar-refractivity contribution is 5.89. The van der Waals surface area contributed by atoms with E-state index < -0.39 is 0 Å². The molecule has 3 heteroatoms. The Balaban J connectivity index is 1.90. The highest BCUT2D eigenvalue weighted by Gasteiger charge is 2.11. The summed E-state index contributed by atoms with van der Waals surface area (Å²) in [5, 5.41) is 1.14. The largest absolute Gasteiger partial charge is 0.399 e. The molecule has 0 saturated heterocycles. The second-order valence-corrected chi connectivity index (χ2v) is 5.93. The topological polar surface area (TPSA) is 30.9 Å². The molecule has 118 valence electrons. The summed E-state index contributed by atoms with van der Waals surface area (Å²) in [6, 6.07) is 25.0. The summed E-state index contributed by atoms with van der Waals surface area (Å²) in [4.78, 5) is 0. The van der Waals surface area contributed by atoms with Crippen LogP contribution >= 0.6 is 0 Å². The minimum atomic E-state index is -0.219. The van der Waals surface area contributed by atoms with E-state index in [1.807, 2.05) is 48.5 Å². The summed E-state index contributed by atoms with van der Waals surface area (Å²) in [6.07, 6.45) is 0. The number of halogens is 1. The Morgan fingerprint density at radius 3 is 2.33 bits per heavy atom. The minimum absolute atomic E-state index is 0.219. The smallest absolute Gasteiger partial charge is 0.123 e. The van der Waals surface area contributed by atoms with Crippen molar-refractivity contribution in [3.63, 3.8) is 0 Å². The molecule has 0 aliphatic carbocycles. The van der Waals surface area contributed by atoms with Crippen LogP contribution in [0.5, 0.6) is 0 Å². The van der Waals surface area contributed by atoms with Crippen LogP contribution < -0.4 is 5.73 Å². The van der Waals surface area contributed by atoms with Gasteiger partial charge in [0.2, 0.25) is 0 Å². The third-order valence-corrected chi connectivity index (χ3v) is 4.25. The van der Waals surface area contributed by atoms with Gasteiger partial charge in [-0.2, -0.15) is 0 Å². The monoisotopic (exact) mass is 316 g/mol. The van der Waals surface area contributed by atoms with Crippen LogP contribution in [-0.2, 0) is 6.54 Å². The molecule has 0 bridgehead atoms. The Morgan fingerprint density at radius 1 is 0.833 bits per heavy atom. The van der Waals surface area contributed by atoms with Crippen LogP contribution in [0.4, 0.5) is 10.1 Å². The second-order valence-electron chi connectivity index (χ2n) is 5.93. The lowest BCUT2D eigenvalue weighted by Crippen LogP contribution is -2.02. The lowest BCUT2D eigenvalue weighted by Gasteiger charge is -2.12. The number of anilines is 1. The molecule has 0 fully saturated rings. The van der Waals surface area contributed by atoms with E-state index in [1.54, 1.807) is 0 Å². The van der Waals surface area contributed by atoms with Gasteiger partial charge < -0.3 is 10.3 Å². The van der Waals surface area contributed by atoms with Gasteiger partial charge >= 0.3 is 0 Å². The first-order valence-electron chi connectivity index (χ1n) is 7.89. The minimum Gasteiger partial charge on any atom is -0.399 e. The fourth-order valence-electron chi connectivity index (χ4n) is 3.06. The molecule has 1 aromatic heterocycles. The first kappa shape index (κ1) is 14.5. The fraction of sp³-hybridized carbons (Fsp3) is 0.0476. The molecule has 0 spiro atoms. The molecule has 3 aromatic carbocycles. The maximum atomic E-state index is 13.2. The van der Waals surface area contributed by atoms with Crippen LogP contribution in [0.3, 0.4) is 0 Å². The summed E-state index contributed by atoms with van der Waals surface area (Å²) in [5.74, 6) is -0.219. The second kappa shape index (κ2) is 5.85. The SMILES string of the molecule is Nc1ccc2cc(-c3ccccc3)n(Cc3ccc(F)cc3)c2c1. The third kappa shape index (κ3) is 2.65. The van der Waals surface area contributed by atoms with E-state index in [2.05, 4.69) is 22.8 Å². The van der Waals surface area contributed by atoms with E-state index >= 15 is 0 Å². The zero-order valence-electron chi connectivity index (χ0n) is 13.1.